The minimum absolute atomic E-state index is 0. The van der Waals surface area contributed by atoms with Crippen molar-refractivity contribution in [2.24, 2.45) is 0 Å². The average molecular weight is 408 g/mol. The van der Waals surface area contributed by atoms with Crippen LogP contribution >= 0.6 is 18.4 Å². The molecule has 0 bridgehead atoms. The molecule has 0 aromatic heterocycles. The van der Waals surface area contributed by atoms with Crippen LogP contribution in [-0.2, 0) is 31.1 Å². The first-order chi connectivity index (χ1) is 8.72. The molecule has 0 aliphatic carbocycles. The summed E-state index contributed by atoms with van der Waals surface area (Å²) in [6, 6.07) is 0. The predicted octanol–water partition coefficient (Wildman–Crippen LogP) is 5.42. The number of rotatable bonds is 12. The van der Waals surface area contributed by atoms with E-state index in [1.807, 2.05) is 0 Å². The summed E-state index contributed by atoms with van der Waals surface area (Å²) < 4.78 is 0. The zero-order chi connectivity index (χ0) is 13.6. The molecule has 0 rings (SSSR count). The van der Waals surface area contributed by atoms with Gasteiger partial charge in [-0.25, -0.2) is 0 Å². The van der Waals surface area contributed by atoms with E-state index in [0.717, 1.165) is 0 Å². The SMILES string of the molecule is CCCCCCCS(CCCCCCC)=[PH](O)S.[Mo]. The zero-order valence-corrected chi connectivity index (χ0v) is 17.4. The van der Waals surface area contributed by atoms with E-state index >= 15 is 0 Å². The van der Waals surface area contributed by atoms with Crippen molar-refractivity contribution >= 4 is 28.4 Å². The van der Waals surface area contributed by atoms with Gasteiger partial charge in [0.25, 0.3) is 0 Å². The van der Waals surface area contributed by atoms with Gasteiger partial charge in [0, 0.05) is 21.1 Å². The summed E-state index contributed by atoms with van der Waals surface area (Å²) in [6.07, 6.45) is 12.0. The van der Waals surface area contributed by atoms with Gasteiger partial charge in [-0.1, -0.05) is 65.2 Å². The van der Waals surface area contributed by atoms with Crippen LogP contribution in [0.3, 0.4) is 0 Å². The van der Waals surface area contributed by atoms with Gasteiger partial charge in [0.05, 0.1) is 6.13 Å². The van der Waals surface area contributed by atoms with Gasteiger partial charge in [-0.05, 0) is 24.3 Å². The van der Waals surface area contributed by atoms with Crippen molar-refractivity contribution in [2.45, 2.75) is 78.1 Å². The topological polar surface area (TPSA) is 20.2 Å². The molecule has 118 valence electrons. The Kier molecular flexibility index (Phi) is 21.6. The molecule has 0 radical (unpaired) electrons. The summed E-state index contributed by atoms with van der Waals surface area (Å²) in [5, 5.41) is 0. The first-order valence-corrected chi connectivity index (χ1v) is 12.7. The summed E-state index contributed by atoms with van der Waals surface area (Å²) >= 11 is 4.35. The van der Waals surface area contributed by atoms with Crippen LogP contribution in [0.1, 0.15) is 78.1 Å². The molecular formula is C14H33MoOPS2. The van der Waals surface area contributed by atoms with Gasteiger partial charge >= 0.3 is 0 Å². The summed E-state index contributed by atoms with van der Waals surface area (Å²) in [4.78, 5) is 9.80. The number of hydrogen-bond donors (Lipinski definition) is 2. The Morgan fingerprint density at radius 1 is 0.789 bits per heavy atom. The molecule has 0 heterocycles. The first-order valence-electron chi connectivity index (χ1n) is 7.64. The fourth-order valence-corrected chi connectivity index (χ4v) is 7.32. The molecule has 0 amide bonds. The van der Waals surface area contributed by atoms with E-state index in [4.69, 9.17) is 0 Å². The number of hydrogen-bond acceptors (Lipinski definition) is 0. The molecule has 1 atom stereocenters. The molecule has 0 aromatic carbocycles. The van der Waals surface area contributed by atoms with E-state index in [0.29, 0.717) is 0 Å². The molecule has 5 heteroatoms. The number of unbranched alkanes of at least 4 members (excludes halogenated alkanes) is 8. The van der Waals surface area contributed by atoms with E-state index < -0.39 is 6.13 Å². The molecule has 1 unspecified atom stereocenters. The van der Waals surface area contributed by atoms with Gasteiger partial charge in [-0.3, -0.25) is 0 Å². The number of thiol groups is 1. The molecule has 0 aromatic rings. The minimum atomic E-state index is -1.34. The Morgan fingerprint density at radius 2 is 1.16 bits per heavy atom. The summed E-state index contributed by atoms with van der Waals surface area (Å²) in [7, 11) is 0.235. The van der Waals surface area contributed by atoms with Crippen LogP contribution in [0.5, 0.6) is 0 Å². The van der Waals surface area contributed by atoms with Gasteiger partial charge in [-0.2, -0.15) is 10.1 Å². The van der Waals surface area contributed by atoms with Crippen molar-refractivity contribution < 1.29 is 26.0 Å². The van der Waals surface area contributed by atoms with E-state index in [2.05, 4.69) is 26.1 Å². The predicted molar refractivity (Wildman–Crippen MR) is 94.1 cm³/mol. The zero-order valence-electron chi connectivity index (χ0n) is 12.7. The van der Waals surface area contributed by atoms with Gasteiger partial charge in [-0.15, -0.1) is 12.2 Å². The van der Waals surface area contributed by atoms with Crippen LogP contribution in [0.25, 0.3) is 0 Å². The molecule has 0 aliphatic rings. The van der Waals surface area contributed by atoms with Crippen LogP contribution in [0.4, 0.5) is 0 Å². The third-order valence-electron chi connectivity index (χ3n) is 3.25. The van der Waals surface area contributed by atoms with Gasteiger partial charge in [0.2, 0.25) is 0 Å². The van der Waals surface area contributed by atoms with Gasteiger partial charge in [0.15, 0.2) is 0 Å². The maximum absolute atomic E-state index is 9.80. The van der Waals surface area contributed by atoms with Crippen molar-refractivity contribution in [1.82, 2.24) is 0 Å². The van der Waals surface area contributed by atoms with Gasteiger partial charge in [0.1, 0.15) is 0 Å². The molecule has 19 heavy (non-hydrogen) atoms. The molecular weight excluding hydrogens is 375 g/mol. The van der Waals surface area contributed by atoms with Crippen LogP contribution in [0, 0.1) is 0 Å². The minimum Gasteiger partial charge on any atom is -0.364 e. The Labute approximate surface area is 143 Å². The normalized spacial score (nSPS) is 12.5. The van der Waals surface area contributed by atoms with Crippen LogP contribution < -0.4 is 0 Å². The van der Waals surface area contributed by atoms with Crippen molar-refractivity contribution in [3.8, 4) is 0 Å². The van der Waals surface area contributed by atoms with Crippen molar-refractivity contribution in [2.75, 3.05) is 11.5 Å². The monoisotopic (exact) mass is 410 g/mol. The van der Waals surface area contributed by atoms with Crippen LogP contribution in [0.15, 0.2) is 0 Å². The summed E-state index contributed by atoms with van der Waals surface area (Å²) in [6.45, 7) is 4.51. The fourth-order valence-electron chi connectivity index (χ4n) is 2.04. The van der Waals surface area contributed by atoms with E-state index in [-0.39, 0.29) is 31.1 Å². The maximum Gasteiger partial charge on any atom is 0.0631 e. The summed E-state index contributed by atoms with van der Waals surface area (Å²) in [5.74, 6) is 2.46. The maximum atomic E-state index is 9.80. The Bertz CT molecular complexity index is 205. The molecule has 0 aliphatic heterocycles. The molecule has 0 fully saturated rings. The van der Waals surface area contributed by atoms with Crippen molar-refractivity contribution in [3.63, 3.8) is 0 Å². The quantitative estimate of drug-likeness (QED) is 0.191. The standard InChI is InChI=1S/C14H33OPS2.Mo/c1-3-5-7-9-11-13-18(16(15)17)14-12-10-8-6-4-2;/h15-17H,3-14H2,1-2H3;. The van der Waals surface area contributed by atoms with E-state index in [1.54, 1.807) is 0 Å². The Hall–Kier alpha value is 1.78. The first kappa shape index (κ1) is 23.1. The van der Waals surface area contributed by atoms with Gasteiger partial charge < -0.3 is 4.89 Å². The second-order valence-electron chi connectivity index (χ2n) is 5.01. The average Bonchev–Trinajstić information content (AvgIpc) is 2.35. The van der Waals surface area contributed by atoms with Crippen molar-refractivity contribution in [1.29, 1.82) is 0 Å². The third-order valence-corrected chi connectivity index (χ3v) is 10.4. The van der Waals surface area contributed by atoms with Crippen LogP contribution in [-0.4, -0.2) is 16.4 Å². The van der Waals surface area contributed by atoms with E-state index in [9.17, 15) is 4.89 Å². The molecule has 0 saturated heterocycles. The molecule has 1 nitrogen and oxygen atoms in total. The smallest absolute Gasteiger partial charge is 0.0631 e. The third kappa shape index (κ3) is 16.0. The Morgan fingerprint density at radius 3 is 1.47 bits per heavy atom. The molecule has 0 saturated carbocycles. The summed E-state index contributed by atoms with van der Waals surface area (Å²) in [5.41, 5.74) is 0. The molecule has 1 N–H and O–H groups in total. The van der Waals surface area contributed by atoms with E-state index in [1.165, 1.54) is 75.7 Å². The van der Waals surface area contributed by atoms with Crippen LogP contribution in [0.2, 0.25) is 0 Å². The largest absolute Gasteiger partial charge is 0.364 e. The molecule has 0 spiro atoms. The second-order valence-corrected chi connectivity index (χ2v) is 12.4. The second kappa shape index (κ2) is 17.8. The fraction of sp³-hybridized carbons (Fsp3) is 1.00. The Balaban J connectivity index is 0. The van der Waals surface area contributed by atoms with Crippen molar-refractivity contribution in [3.05, 3.63) is 0 Å².